The molecule has 0 aliphatic carbocycles. The molecule has 5 nitrogen and oxygen atoms in total. The number of carboxylic acid groups (broad SMARTS) is 1. The Balaban J connectivity index is 1.74. The molecule has 0 radical (unpaired) electrons. The third kappa shape index (κ3) is 2.61. The minimum atomic E-state index is -0.741. The number of oxazole rings is 1. The van der Waals surface area contributed by atoms with Crippen molar-refractivity contribution in [2.45, 2.75) is 31.8 Å². The number of nitrogens with zero attached hydrogens (tertiary/aromatic N) is 2. The number of carboxylic acids is 1. The Morgan fingerprint density at radius 2 is 2.32 bits per heavy atom. The SMILES string of the molecule is O=C(O)CC1CCCN1Cc1nc2ccccc2o1. The zero-order chi connectivity index (χ0) is 13.2. The van der Waals surface area contributed by atoms with E-state index in [9.17, 15) is 4.79 Å². The molecule has 5 heteroatoms. The summed E-state index contributed by atoms with van der Waals surface area (Å²) in [4.78, 5) is 17.4. The van der Waals surface area contributed by atoms with Crippen LogP contribution in [0.25, 0.3) is 11.1 Å². The second-order valence-corrected chi connectivity index (χ2v) is 4.94. The maximum Gasteiger partial charge on any atom is 0.304 e. The molecule has 1 aliphatic heterocycles. The predicted octanol–water partition coefficient (Wildman–Crippen LogP) is 2.27. The van der Waals surface area contributed by atoms with E-state index in [0.29, 0.717) is 12.4 Å². The summed E-state index contributed by atoms with van der Waals surface area (Å²) in [5.74, 6) is -0.0760. The standard InChI is InChI=1S/C14H16N2O3/c17-14(18)8-10-4-3-7-16(10)9-13-15-11-5-1-2-6-12(11)19-13/h1-2,5-6,10H,3-4,7-9H2,(H,17,18). The molecule has 1 N–H and O–H groups in total. The molecule has 1 aliphatic rings. The highest BCUT2D eigenvalue weighted by Gasteiger charge is 2.27. The zero-order valence-electron chi connectivity index (χ0n) is 10.6. The summed E-state index contributed by atoms with van der Waals surface area (Å²) in [5, 5.41) is 8.91. The van der Waals surface area contributed by atoms with Crippen LogP contribution in [-0.4, -0.2) is 33.5 Å². The summed E-state index contributed by atoms with van der Waals surface area (Å²) in [7, 11) is 0. The van der Waals surface area contributed by atoms with Crippen molar-refractivity contribution >= 4 is 17.1 Å². The molecule has 1 aromatic heterocycles. The number of fused-ring (bicyclic) bond motifs is 1. The lowest BCUT2D eigenvalue weighted by Crippen LogP contribution is -2.30. The van der Waals surface area contributed by atoms with E-state index >= 15 is 0 Å². The molecule has 0 spiro atoms. The summed E-state index contributed by atoms with van der Waals surface area (Å²) >= 11 is 0. The number of benzene rings is 1. The fourth-order valence-electron chi connectivity index (χ4n) is 2.70. The van der Waals surface area contributed by atoms with Crippen molar-refractivity contribution in [3.8, 4) is 0 Å². The van der Waals surface area contributed by atoms with E-state index in [2.05, 4.69) is 9.88 Å². The Hall–Kier alpha value is -1.88. The Labute approximate surface area is 110 Å². The van der Waals surface area contributed by atoms with Crippen LogP contribution >= 0.6 is 0 Å². The van der Waals surface area contributed by atoms with Gasteiger partial charge in [-0.3, -0.25) is 9.69 Å². The Kier molecular flexibility index (Phi) is 3.21. The van der Waals surface area contributed by atoms with Crippen molar-refractivity contribution in [1.82, 2.24) is 9.88 Å². The number of aliphatic carboxylic acids is 1. The van der Waals surface area contributed by atoms with Gasteiger partial charge >= 0.3 is 5.97 Å². The maximum atomic E-state index is 10.8. The summed E-state index contributed by atoms with van der Waals surface area (Å²) in [5.41, 5.74) is 1.64. The first-order valence-electron chi connectivity index (χ1n) is 6.52. The molecule has 2 heterocycles. The lowest BCUT2D eigenvalue weighted by atomic mass is 10.1. The van der Waals surface area contributed by atoms with Gasteiger partial charge < -0.3 is 9.52 Å². The van der Waals surface area contributed by atoms with E-state index in [0.717, 1.165) is 30.5 Å². The Morgan fingerprint density at radius 3 is 3.11 bits per heavy atom. The van der Waals surface area contributed by atoms with Gasteiger partial charge in [-0.25, -0.2) is 4.98 Å². The highest BCUT2D eigenvalue weighted by Crippen LogP contribution is 2.23. The van der Waals surface area contributed by atoms with Crippen LogP contribution in [-0.2, 0) is 11.3 Å². The summed E-state index contributed by atoms with van der Waals surface area (Å²) < 4.78 is 5.68. The fourth-order valence-corrected chi connectivity index (χ4v) is 2.70. The molecular formula is C14H16N2O3. The minimum Gasteiger partial charge on any atom is -0.481 e. The van der Waals surface area contributed by atoms with E-state index < -0.39 is 5.97 Å². The summed E-state index contributed by atoms with van der Waals surface area (Å²) in [6.45, 7) is 1.50. The van der Waals surface area contributed by atoms with Crippen molar-refractivity contribution in [3.63, 3.8) is 0 Å². The molecule has 1 aromatic carbocycles. The van der Waals surface area contributed by atoms with Crippen molar-refractivity contribution in [2.75, 3.05) is 6.54 Å². The summed E-state index contributed by atoms with van der Waals surface area (Å²) in [6.07, 6.45) is 2.17. The highest BCUT2D eigenvalue weighted by molar-refractivity contribution is 5.72. The van der Waals surface area contributed by atoms with E-state index in [4.69, 9.17) is 9.52 Å². The number of hydrogen-bond acceptors (Lipinski definition) is 4. The second kappa shape index (κ2) is 5.01. The van der Waals surface area contributed by atoms with E-state index in [1.165, 1.54) is 0 Å². The number of rotatable bonds is 4. The van der Waals surface area contributed by atoms with Crippen molar-refractivity contribution in [3.05, 3.63) is 30.2 Å². The number of likely N-dealkylation sites (tertiary alicyclic amines) is 1. The zero-order valence-corrected chi connectivity index (χ0v) is 10.6. The first-order valence-corrected chi connectivity index (χ1v) is 6.52. The van der Waals surface area contributed by atoms with E-state index in [1.807, 2.05) is 24.3 Å². The number of hydrogen-bond donors (Lipinski definition) is 1. The third-order valence-corrected chi connectivity index (χ3v) is 3.59. The Bertz CT molecular complexity index is 560. The molecule has 0 saturated carbocycles. The van der Waals surface area contributed by atoms with Crippen LogP contribution in [0.1, 0.15) is 25.2 Å². The monoisotopic (exact) mass is 260 g/mol. The van der Waals surface area contributed by atoms with E-state index in [1.54, 1.807) is 0 Å². The first-order chi connectivity index (χ1) is 9.22. The molecule has 1 unspecified atom stereocenters. The lowest BCUT2D eigenvalue weighted by Gasteiger charge is -2.21. The van der Waals surface area contributed by atoms with Gasteiger partial charge in [0.25, 0.3) is 0 Å². The third-order valence-electron chi connectivity index (χ3n) is 3.59. The second-order valence-electron chi connectivity index (χ2n) is 4.94. The molecular weight excluding hydrogens is 244 g/mol. The molecule has 19 heavy (non-hydrogen) atoms. The van der Waals surface area contributed by atoms with Gasteiger partial charge in [-0.05, 0) is 31.5 Å². The topological polar surface area (TPSA) is 66.6 Å². The highest BCUT2D eigenvalue weighted by atomic mass is 16.4. The normalized spacial score (nSPS) is 20.1. The first kappa shape index (κ1) is 12.2. The molecule has 1 saturated heterocycles. The van der Waals surface area contributed by atoms with Gasteiger partial charge in [-0.2, -0.15) is 0 Å². The fraction of sp³-hybridized carbons (Fsp3) is 0.429. The number of aromatic nitrogens is 1. The maximum absolute atomic E-state index is 10.8. The van der Waals surface area contributed by atoms with Gasteiger partial charge in [-0.15, -0.1) is 0 Å². The van der Waals surface area contributed by atoms with Crippen molar-refractivity contribution in [1.29, 1.82) is 0 Å². The van der Waals surface area contributed by atoms with Crippen LogP contribution < -0.4 is 0 Å². The van der Waals surface area contributed by atoms with Crippen LogP contribution in [0, 0.1) is 0 Å². The molecule has 1 fully saturated rings. The van der Waals surface area contributed by atoms with Gasteiger partial charge in [0.1, 0.15) is 5.52 Å². The molecule has 3 rings (SSSR count). The molecule has 0 bridgehead atoms. The molecule has 1 atom stereocenters. The molecule has 2 aromatic rings. The summed E-state index contributed by atoms with van der Waals surface area (Å²) in [6, 6.07) is 7.76. The molecule has 100 valence electrons. The van der Waals surface area contributed by atoms with Crippen molar-refractivity contribution in [2.24, 2.45) is 0 Å². The van der Waals surface area contributed by atoms with Gasteiger partial charge in [0.05, 0.1) is 13.0 Å². The van der Waals surface area contributed by atoms with Crippen LogP contribution in [0.15, 0.2) is 28.7 Å². The Morgan fingerprint density at radius 1 is 1.47 bits per heavy atom. The van der Waals surface area contributed by atoms with Crippen LogP contribution in [0.3, 0.4) is 0 Å². The average Bonchev–Trinajstić information content (AvgIpc) is 2.95. The van der Waals surface area contributed by atoms with Gasteiger partial charge in [0, 0.05) is 6.04 Å². The smallest absolute Gasteiger partial charge is 0.304 e. The quantitative estimate of drug-likeness (QED) is 0.913. The van der Waals surface area contributed by atoms with Gasteiger partial charge in [0.2, 0.25) is 5.89 Å². The predicted molar refractivity (Wildman–Crippen MR) is 69.7 cm³/mol. The van der Waals surface area contributed by atoms with Crippen LogP contribution in [0.4, 0.5) is 0 Å². The van der Waals surface area contributed by atoms with Crippen LogP contribution in [0.5, 0.6) is 0 Å². The van der Waals surface area contributed by atoms with Crippen molar-refractivity contribution < 1.29 is 14.3 Å². The lowest BCUT2D eigenvalue weighted by molar-refractivity contribution is -0.138. The average molecular weight is 260 g/mol. The van der Waals surface area contributed by atoms with Gasteiger partial charge in [0.15, 0.2) is 5.58 Å². The number of carbonyl (C=O) groups is 1. The van der Waals surface area contributed by atoms with E-state index in [-0.39, 0.29) is 12.5 Å². The number of para-hydroxylation sites is 2. The molecule has 0 amide bonds. The van der Waals surface area contributed by atoms with Crippen LogP contribution in [0.2, 0.25) is 0 Å². The minimum absolute atomic E-state index is 0.104. The van der Waals surface area contributed by atoms with Gasteiger partial charge in [-0.1, -0.05) is 12.1 Å². The largest absolute Gasteiger partial charge is 0.481 e.